The molecule has 0 aromatic carbocycles. The minimum atomic E-state index is -0.902. The Hall–Kier alpha value is -1.61. The summed E-state index contributed by atoms with van der Waals surface area (Å²) in [5.74, 6) is -0.625. The Morgan fingerprint density at radius 2 is 1.95 bits per heavy atom. The Labute approximate surface area is 121 Å². The maximum Gasteiger partial charge on any atom is 0.320 e. The molecule has 0 heterocycles. The third-order valence-corrected chi connectivity index (χ3v) is 3.26. The summed E-state index contributed by atoms with van der Waals surface area (Å²) in [4.78, 5) is 25.0. The first-order valence-corrected chi connectivity index (χ1v) is 6.89. The van der Waals surface area contributed by atoms with Crippen LogP contribution < -0.4 is 5.32 Å². The van der Waals surface area contributed by atoms with E-state index < -0.39 is 5.54 Å². The number of nitrogens with one attached hydrogen (secondary N) is 1. The molecular formula is C14H25N3O3. The molecule has 6 heteroatoms. The fourth-order valence-corrected chi connectivity index (χ4v) is 1.50. The topological polar surface area (TPSA) is 82.4 Å². The first kappa shape index (κ1) is 18.4. The molecule has 1 atom stereocenters. The van der Waals surface area contributed by atoms with Gasteiger partial charge in [-0.2, -0.15) is 5.26 Å². The van der Waals surface area contributed by atoms with Gasteiger partial charge < -0.3 is 10.1 Å². The van der Waals surface area contributed by atoms with Gasteiger partial charge in [-0.3, -0.25) is 14.5 Å². The van der Waals surface area contributed by atoms with E-state index in [9.17, 15) is 9.59 Å². The quantitative estimate of drug-likeness (QED) is 0.670. The lowest BCUT2D eigenvalue weighted by Gasteiger charge is -2.28. The fourth-order valence-electron chi connectivity index (χ4n) is 1.50. The smallest absolute Gasteiger partial charge is 0.320 e. The number of amides is 1. The summed E-state index contributed by atoms with van der Waals surface area (Å²) >= 11 is 0. The molecule has 20 heavy (non-hydrogen) atoms. The second-order valence-electron chi connectivity index (χ2n) is 5.13. The third-order valence-electron chi connectivity index (χ3n) is 3.26. The van der Waals surface area contributed by atoms with Crippen molar-refractivity contribution in [3.63, 3.8) is 0 Å². The molecule has 0 saturated heterocycles. The van der Waals surface area contributed by atoms with Gasteiger partial charge in [0.05, 0.1) is 25.8 Å². The lowest BCUT2D eigenvalue weighted by Crippen LogP contribution is -2.52. The number of hydrogen-bond acceptors (Lipinski definition) is 5. The van der Waals surface area contributed by atoms with Gasteiger partial charge in [0, 0.05) is 0 Å². The molecule has 0 rings (SSSR count). The number of likely N-dealkylation sites (N-methyl/N-ethyl adjacent to an activating group) is 1. The van der Waals surface area contributed by atoms with Crippen molar-refractivity contribution < 1.29 is 14.3 Å². The molecule has 0 radical (unpaired) electrons. The summed E-state index contributed by atoms with van der Waals surface area (Å²) in [5.41, 5.74) is -0.902. The van der Waals surface area contributed by atoms with E-state index in [1.807, 2.05) is 20.8 Å². The van der Waals surface area contributed by atoms with E-state index in [4.69, 9.17) is 10.00 Å². The van der Waals surface area contributed by atoms with Crippen LogP contribution in [0.5, 0.6) is 0 Å². The normalized spacial score (nSPS) is 13.7. The number of rotatable bonds is 8. The minimum absolute atomic E-state index is 0.00316. The van der Waals surface area contributed by atoms with Crippen LogP contribution in [0.15, 0.2) is 0 Å². The van der Waals surface area contributed by atoms with Crippen LogP contribution in [0.4, 0.5) is 0 Å². The molecule has 0 bridgehead atoms. The molecular weight excluding hydrogens is 258 g/mol. The van der Waals surface area contributed by atoms with E-state index in [-0.39, 0.29) is 30.9 Å². The Balaban J connectivity index is 4.50. The highest BCUT2D eigenvalue weighted by atomic mass is 16.5. The number of nitrogens with zero attached hydrogens (tertiary/aromatic N) is 2. The van der Waals surface area contributed by atoms with Crippen LogP contribution in [0, 0.1) is 17.2 Å². The summed E-state index contributed by atoms with van der Waals surface area (Å²) in [6, 6.07) is 2.12. The second kappa shape index (κ2) is 8.54. The van der Waals surface area contributed by atoms with E-state index in [1.54, 1.807) is 18.7 Å². The van der Waals surface area contributed by atoms with E-state index in [1.165, 1.54) is 0 Å². The van der Waals surface area contributed by atoms with Gasteiger partial charge >= 0.3 is 5.97 Å². The van der Waals surface area contributed by atoms with Crippen molar-refractivity contribution in [3.05, 3.63) is 0 Å². The van der Waals surface area contributed by atoms with Gasteiger partial charge in [-0.1, -0.05) is 20.8 Å². The lowest BCUT2D eigenvalue weighted by molar-refractivity contribution is -0.144. The van der Waals surface area contributed by atoms with Crippen LogP contribution in [-0.2, 0) is 14.3 Å². The maximum absolute atomic E-state index is 12.0. The van der Waals surface area contributed by atoms with E-state index in [0.717, 1.165) is 0 Å². The Morgan fingerprint density at radius 3 is 2.35 bits per heavy atom. The van der Waals surface area contributed by atoms with Crippen molar-refractivity contribution in [2.75, 3.05) is 26.2 Å². The molecule has 0 aromatic heterocycles. The predicted molar refractivity (Wildman–Crippen MR) is 75.7 cm³/mol. The molecule has 0 aliphatic heterocycles. The van der Waals surface area contributed by atoms with Gasteiger partial charge in [0.1, 0.15) is 5.54 Å². The monoisotopic (exact) mass is 283 g/mol. The first-order chi connectivity index (χ1) is 9.28. The number of hydrogen-bond donors (Lipinski definition) is 1. The van der Waals surface area contributed by atoms with Crippen molar-refractivity contribution in [2.24, 2.45) is 5.92 Å². The van der Waals surface area contributed by atoms with Crippen molar-refractivity contribution in [3.8, 4) is 6.07 Å². The highest BCUT2D eigenvalue weighted by Gasteiger charge is 2.30. The van der Waals surface area contributed by atoms with Crippen LogP contribution in [0.25, 0.3) is 0 Å². The van der Waals surface area contributed by atoms with Crippen LogP contribution in [0.3, 0.4) is 0 Å². The first-order valence-electron chi connectivity index (χ1n) is 6.89. The third kappa shape index (κ3) is 6.02. The molecule has 1 unspecified atom stereocenters. The average Bonchev–Trinajstić information content (AvgIpc) is 2.37. The predicted octanol–water partition coefficient (Wildman–Crippen LogP) is 0.926. The van der Waals surface area contributed by atoms with Crippen molar-refractivity contribution in [2.45, 2.75) is 40.2 Å². The highest BCUT2D eigenvalue weighted by molar-refractivity contribution is 5.80. The van der Waals surface area contributed by atoms with Crippen LogP contribution >= 0.6 is 0 Å². The molecule has 6 nitrogen and oxygen atoms in total. The van der Waals surface area contributed by atoms with Crippen molar-refractivity contribution in [1.29, 1.82) is 5.26 Å². The minimum Gasteiger partial charge on any atom is -0.465 e. The molecule has 1 N–H and O–H groups in total. The molecule has 1 amide bonds. The van der Waals surface area contributed by atoms with Gasteiger partial charge in [-0.15, -0.1) is 0 Å². The average molecular weight is 283 g/mol. The summed E-state index contributed by atoms with van der Waals surface area (Å²) in [7, 11) is 0. The Bertz CT molecular complexity index is 376. The van der Waals surface area contributed by atoms with Gasteiger partial charge in [-0.25, -0.2) is 0 Å². The van der Waals surface area contributed by atoms with Crippen LogP contribution in [-0.4, -0.2) is 48.6 Å². The zero-order chi connectivity index (χ0) is 15.8. The summed E-state index contributed by atoms with van der Waals surface area (Å²) in [6.07, 6.45) is 0. The number of ether oxygens (including phenoxy) is 1. The Kier molecular flexibility index (Phi) is 7.85. The molecule has 0 saturated carbocycles. The van der Waals surface area contributed by atoms with Gasteiger partial charge in [0.15, 0.2) is 0 Å². The molecule has 0 fully saturated rings. The lowest BCUT2D eigenvalue weighted by atomic mass is 9.90. The molecule has 0 aliphatic rings. The SMILES string of the molecule is CCOC(=O)CN(CC)CC(=O)NC(C)(C#N)C(C)C. The molecule has 0 aliphatic carbocycles. The van der Waals surface area contributed by atoms with Crippen LogP contribution in [0.2, 0.25) is 0 Å². The van der Waals surface area contributed by atoms with Gasteiger partial charge in [-0.05, 0) is 26.3 Å². The molecule has 114 valence electrons. The zero-order valence-electron chi connectivity index (χ0n) is 13.0. The van der Waals surface area contributed by atoms with E-state index in [2.05, 4.69) is 11.4 Å². The largest absolute Gasteiger partial charge is 0.465 e. The number of carbonyl (C=O) groups excluding carboxylic acids is 2. The summed E-state index contributed by atoms with van der Waals surface area (Å²) in [5, 5.41) is 11.9. The van der Waals surface area contributed by atoms with Gasteiger partial charge in [0.25, 0.3) is 0 Å². The highest BCUT2D eigenvalue weighted by Crippen LogP contribution is 2.14. The van der Waals surface area contributed by atoms with E-state index >= 15 is 0 Å². The summed E-state index contributed by atoms with van der Waals surface area (Å²) in [6.45, 7) is 10.1. The van der Waals surface area contributed by atoms with Gasteiger partial charge in [0.2, 0.25) is 5.91 Å². The number of esters is 1. The number of carbonyl (C=O) groups is 2. The zero-order valence-corrected chi connectivity index (χ0v) is 13.0. The molecule has 0 aromatic rings. The fraction of sp³-hybridized carbons (Fsp3) is 0.786. The number of nitriles is 1. The van der Waals surface area contributed by atoms with Crippen molar-refractivity contribution in [1.82, 2.24) is 10.2 Å². The standard InChI is InChI=1S/C14H25N3O3/c1-6-17(9-13(19)20-7-2)8-12(18)16-14(5,10-15)11(3)4/h11H,6-9H2,1-5H3,(H,16,18). The second-order valence-corrected chi connectivity index (χ2v) is 5.13. The summed E-state index contributed by atoms with van der Waals surface area (Å²) < 4.78 is 4.85. The van der Waals surface area contributed by atoms with E-state index in [0.29, 0.717) is 13.2 Å². The van der Waals surface area contributed by atoms with Crippen LogP contribution in [0.1, 0.15) is 34.6 Å². The van der Waals surface area contributed by atoms with Crippen molar-refractivity contribution >= 4 is 11.9 Å². The maximum atomic E-state index is 12.0. The Morgan fingerprint density at radius 1 is 1.35 bits per heavy atom. The molecule has 0 spiro atoms.